The van der Waals surface area contributed by atoms with Gasteiger partial charge in [-0.2, -0.15) is 5.10 Å². The Bertz CT molecular complexity index is 1060. The van der Waals surface area contributed by atoms with Gasteiger partial charge in [0.1, 0.15) is 17.3 Å². The Morgan fingerprint density at radius 2 is 1.65 bits per heavy atom. The molecule has 0 aliphatic heterocycles. The molecule has 0 bridgehead atoms. The van der Waals surface area contributed by atoms with Crippen molar-refractivity contribution >= 4 is 18.1 Å². The summed E-state index contributed by atoms with van der Waals surface area (Å²) >= 11 is 0. The number of carbonyl (C=O) groups excluding carboxylic acids is 2. The molecule has 0 aromatic heterocycles. The van der Waals surface area contributed by atoms with Crippen molar-refractivity contribution < 1.29 is 23.5 Å². The first-order valence-electron chi connectivity index (χ1n) is 9.70. The van der Waals surface area contributed by atoms with E-state index in [1.165, 1.54) is 24.4 Å². The fourth-order valence-corrected chi connectivity index (χ4v) is 2.57. The first kappa shape index (κ1) is 21.7. The van der Waals surface area contributed by atoms with Crippen LogP contribution in [0.3, 0.4) is 0 Å². The second kappa shape index (κ2) is 10.7. The van der Waals surface area contributed by atoms with E-state index in [1.54, 1.807) is 54.6 Å². The maximum absolute atomic E-state index is 13.6. The van der Waals surface area contributed by atoms with Crippen LogP contribution in [-0.4, -0.2) is 24.7 Å². The third kappa shape index (κ3) is 6.24. The quantitative estimate of drug-likeness (QED) is 0.250. The van der Waals surface area contributed by atoms with Gasteiger partial charge in [0, 0.05) is 0 Å². The molecular formula is C24H21FN2O4. The Morgan fingerprint density at radius 3 is 2.32 bits per heavy atom. The fourth-order valence-electron chi connectivity index (χ4n) is 2.57. The number of nitrogens with one attached hydrogen (secondary N) is 1. The number of benzene rings is 3. The summed E-state index contributed by atoms with van der Waals surface area (Å²) in [6.07, 6.45) is 2.31. The van der Waals surface area contributed by atoms with Gasteiger partial charge in [-0.1, -0.05) is 19.1 Å². The number of hydrogen-bond donors (Lipinski definition) is 1. The third-order valence-electron chi connectivity index (χ3n) is 4.15. The van der Waals surface area contributed by atoms with Crippen LogP contribution in [0.15, 0.2) is 77.9 Å². The summed E-state index contributed by atoms with van der Waals surface area (Å²) in [6, 6.07) is 18.9. The summed E-state index contributed by atoms with van der Waals surface area (Å²) in [4.78, 5) is 24.2. The zero-order valence-corrected chi connectivity index (χ0v) is 16.9. The molecular weight excluding hydrogens is 399 g/mol. The van der Waals surface area contributed by atoms with Gasteiger partial charge >= 0.3 is 5.97 Å². The predicted molar refractivity (Wildman–Crippen MR) is 115 cm³/mol. The molecule has 0 aliphatic rings. The van der Waals surface area contributed by atoms with Gasteiger partial charge in [0.2, 0.25) is 0 Å². The van der Waals surface area contributed by atoms with Crippen LogP contribution >= 0.6 is 0 Å². The maximum Gasteiger partial charge on any atom is 0.343 e. The van der Waals surface area contributed by atoms with E-state index in [9.17, 15) is 14.0 Å². The van der Waals surface area contributed by atoms with Gasteiger partial charge < -0.3 is 9.47 Å². The molecule has 0 unspecified atom stereocenters. The number of esters is 1. The lowest BCUT2D eigenvalue weighted by Crippen LogP contribution is -2.18. The largest absolute Gasteiger partial charge is 0.494 e. The lowest BCUT2D eigenvalue weighted by atomic mass is 10.2. The Balaban J connectivity index is 1.53. The first-order chi connectivity index (χ1) is 15.1. The van der Waals surface area contributed by atoms with Crippen LogP contribution in [0.5, 0.6) is 11.5 Å². The van der Waals surface area contributed by atoms with Gasteiger partial charge in [-0.3, -0.25) is 4.79 Å². The molecule has 6 nitrogen and oxygen atoms in total. The average Bonchev–Trinajstić information content (AvgIpc) is 2.79. The van der Waals surface area contributed by atoms with Crippen molar-refractivity contribution in [3.05, 3.63) is 95.3 Å². The minimum Gasteiger partial charge on any atom is -0.494 e. The van der Waals surface area contributed by atoms with Gasteiger partial charge in [0.05, 0.1) is 23.9 Å². The number of carbonyl (C=O) groups is 2. The molecule has 1 N–H and O–H groups in total. The SMILES string of the molecule is CCCOc1ccc(C(=O)Oc2ccc(/C=N\NC(=O)c3ccccc3F)cc2)cc1. The molecule has 3 aromatic rings. The highest BCUT2D eigenvalue weighted by atomic mass is 19.1. The van der Waals surface area contributed by atoms with E-state index in [2.05, 4.69) is 10.5 Å². The topological polar surface area (TPSA) is 77.0 Å². The van der Waals surface area contributed by atoms with E-state index in [1.807, 2.05) is 6.92 Å². The second-order valence-corrected chi connectivity index (χ2v) is 6.51. The van der Waals surface area contributed by atoms with Crippen molar-refractivity contribution in [1.29, 1.82) is 0 Å². The molecule has 158 valence electrons. The Hall–Kier alpha value is -4.00. The van der Waals surface area contributed by atoms with Crippen molar-refractivity contribution in [3.8, 4) is 11.5 Å². The van der Waals surface area contributed by atoms with E-state index >= 15 is 0 Å². The highest BCUT2D eigenvalue weighted by Gasteiger charge is 2.10. The monoisotopic (exact) mass is 420 g/mol. The van der Waals surface area contributed by atoms with Crippen molar-refractivity contribution in [2.75, 3.05) is 6.61 Å². The van der Waals surface area contributed by atoms with Crippen molar-refractivity contribution in [2.45, 2.75) is 13.3 Å². The normalized spacial score (nSPS) is 10.6. The minimum absolute atomic E-state index is 0.0909. The minimum atomic E-state index is -0.647. The van der Waals surface area contributed by atoms with E-state index in [0.717, 1.165) is 6.42 Å². The molecule has 7 heteroatoms. The van der Waals surface area contributed by atoms with Gasteiger partial charge in [-0.25, -0.2) is 14.6 Å². The third-order valence-corrected chi connectivity index (χ3v) is 4.15. The van der Waals surface area contributed by atoms with Crippen LogP contribution in [0.1, 0.15) is 39.6 Å². The smallest absolute Gasteiger partial charge is 0.343 e. The van der Waals surface area contributed by atoms with Crippen molar-refractivity contribution in [2.24, 2.45) is 5.10 Å². The average molecular weight is 420 g/mol. The molecule has 0 saturated heterocycles. The highest BCUT2D eigenvalue weighted by Crippen LogP contribution is 2.16. The summed E-state index contributed by atoms with van der Waals surface area (Å²) in [6.45, 7) is 2.64. The number of ether oxygens (including phenoxy) is 2. The molecule has 3 aromatic carbocycles. The number of amides is 1. The van der Waals surface area contributed by atoms with Crippen LogP contribution in [-0.2, 0) is 0 Å². The summed E-state index contributed by atoms with van der Waals surface area (Å²) in [5.41, 5.74) is 3.24. The Morgan fingerprint density at radius 1 is 0.968 bits per heavy atom. The first-order valence-corrected chi connectivity index (χ1v) is 9.70. The zero-order valence-electron chi connectivity index (χ0n) is 16.9. The van der Waals surface area contributed by atoms with Crippen LogP contribution < -0.4 is 14.9 Å². The molecule has 3 rings (SSSR count). The summed E-state index contributed by atoms with van der Waals surface area (Å²) in [5, 5.41) is 3.82. The molecule has 0 aliphatic carbocycles. The zero-order chi connectivity index (χ0) is 22.1. The lowest BCUT2D eigenvalue weighted by Gasteiger charge is -2.07. The predicted octanol–water partition coefficient (Wildman–Crippen LogP) is 4.60. The number of halogens is 1. The molecule has 0 spiro atoms. The molecule has 0 heterocycles. The Kier molecular flexibility index (Phi) is 7.48. The highest BCUT2D eigenvalue weighted by molar-refractivity contribution is 5.95. The molecule has 0 saturated carbocycles. The number of hydrazone groups is 1. The van der Waals surface area contributed by atoms with Crippen LogP contribution in [0.25, 0.3) is 0 Å². The van der Waals surface area contributed by atoms with E-state index in [-0.39, 0.29) is 5.56 Å². The summed E-state index contributed by atoms with van der Waals surface area (Å²) in [7, 11) is 0. The van der Waals surface area contributed by atoms with Crippen LogP contribution in [0.4, 0.5) is 4.39 Å². The second-order valence-electron chi connectivity index (χ2n) is 6.51. The van der Waals surface area contributed by atoms with Gasteiger partial charge in [-0.15, -0.1) is 0 Å². The van der Waals surface area contributed by atoms with E-state index < -0.39 is 17.7 Å². The van der Waals surface area contributed by atoms with Crippen molar-refractivity contribution in [3.63, 3.8) is 0 Å². The van der Waals surface area contributed by atoms with E-state index in [0.29, 0.717) is 29.2 Å². The molecule has 0 radical (unpaired) electrons. The molecule has 0 atom stereocenters. The van der Waals surface area contributed by atoms with Gasteiger partial charge in [0.25, 0.3) is 5.91 Å². The maximum atomic E-state index is 13.6. The van der Waals surface area contributed by atoms with Crippen LogP contribution in [0.2, 0.25) is 0 Å². The Labute approximate surface area is 179 Å². The molecule has 1 amide bonds. The molecule has 0 fully saturated rings. The number of rotatable bonds is 8. The van der Waals surface area contributed by atoms with E-state index in [4.69, 9.17) is 9.47 Å². The summed E-state index contributed by atoms with van der Waals surface area (Å²) in [5.74, 6) is -0.691. The van der Waals surface area contributed by atoms with Gasteiger partial charge in [-0.05, 0) is 72.6 Å². The van der Waals surface area contributed by atoms with Crippen LogP contribution in [0, 0.1) is 5.82 Å². The standard InChI is InChI=1S/C24H21FN2O4/c1-2-15-30-19-13-9-18(10-14-19)24(29)31-20-11-7-17(8-12-20)16-26-27-23(28)21-5-3-4-6-22(21)25/h3-14,16H,2,15H2,1H3,(H,27,28)/b26-16-. The van der Waals surface area contributed by atoms with Crippen molar-refractivity contribution in [1.82, 2.24) is 5.43 Å². The molecule has 31 heavy (non-hydrogen) atoms. The fraction of sp³-hybridized carbons (Fsp3) is 0.125. The van der Waals surface area contributed by atoms with Gasteiger partial charge in [0.15, 0.2) is 0 Å². The summed E-state index contributed by atoms with van der Waals surface area (Å²) < 4.78 is 24.4. The number of hydrogen-bond acceptors (Lipinski definition) is 5. The number of nitrogens with zero attached hydrogens (tertiary/aromatic N) is 1. The lowest BCUT2D eigenvalue weighted by molar-refractivity contribution is 0.0734.